The molecule has 2 saturated carbocycles. The second-order valence-corrected chi connectivity index (χ2v) is 7.03. The molecule has 4 unspecified atom stereocenters. The summed E-state index contributed by atoms with van der Waals surface area (Å²) in [5, 5.41) is 2.79. The zero-order valence-electron chi connectivity index (χ0n) is 11.9. The first-order chi connectivity index (χ1) is 10.4. The predicted molar refractivity (Wildman–Crippen MR) is 86.9 cm³/mol. The molecule has 4 atom stereocenters. The number of fused-ring (bicyclic) bond motifs is 6. The molecule has 0 bridgehead atoms. The Morgan fingerprint density at radius 3 is 2.14 bits per heavy atom. The Balaban J connectivity index is 1.74. The van der Waals surface area contributed by atoms with Crippen LogP contribution in [0.5, 0.6) is 0 Å². The Kier molecular flexibility index (Phi) is 1.73. The van der Waals surface area contributed by atoms with E-state index in [1.165, 1.54) is 34.6 Å². The van der Waals surface area contributed by atoms with Gasteiger partial charge in [-0.3, -0.25) is 0 Å². The average molecular weight is 271 g/mol. The highest BCUT2D eigenvalue weighted by atomic mass is 15.0. The van der Waals surface area contributed by atoms with E-state index in [9.17, 15) is 0 Å². The molecule has 21 heavy (non-hydrogen) atoms. The molecule has 1 heterocycles. The Morgan fingerprint density at radius 1 is 0.762 bits per heavy atom. The summed E-state index contributed by atoms with van der Waals surface area (Å²) < 4.78 is 2.56. The Labute approximate surface area is 123 Å². The molecule has 6 rings (SSSR count). The van der Waals surface area contributed by atoms with Gasteiger partial charge in [-0.05, 0) is 42.7 Å². The standard InChI is InChI=1S/C20H17N/c1-3-7-18-13(5-1)14-6-2-4-8-19(14)21(18)20-10-12-9-15(12)16-11-17(16)20/h1-8,10,12,15-17H,9,11H2. The number of rotatable bonds is 1. The number of hydrogen-bond donors (Lipinski definition) is 0. The maximum absolute atomic E-state index is 2.59. The fourth-order valence-corrected chi connectivity index (χ4v) is 4.73. The fourth-order valence-electron chi connectivity index (χ4n) is 4.73. The maximum Gasteiger partial charge on any atom is 0.0537 e. The van der Waals surface area contributed by atoms with E-state index in [0.717, 1.165) is 23.7 Å². The van der Waals surface area contributed by atoms with Gasteiger partial charge in [0.25, 0.3) is 0 Å². The highest BCUT2D eigenvalue weighted by molar-refractivity contribution is 6.10. The lowest BCUT2D eigenvalue weighted by molar-refractivity contribution is 0.630. The van der Waals surface area contributed by atoms with Crippen molar-refractivity contribution in [3.8, 4) is 0 Å². The van der Waals surface area contributed by atoms with E-state index in [-0.39, 0.29) is 0 Å². The fraction of sp³-hybridized carbons (Fsp3) is 0.300. The Morgan fingerprint density at radius 2 is 1.43 bits per heavy atom. The number of allylic oxidation sites excluding steroid dienone is 2. The summed E-state index contributed by atoms with van der Waals surface area (Å²) in [6, 6.07) is 17.8. The molecule has 102 valence electrons. The van der Waals surface area contributed by atoms with Crippen LogP contribution in [0, 0.1) is 23.7 Å². The SMILES string of the molecule is C1=C(n2c3ccccc3c3ccccc32)C2CC2C2CC12. The molecule has 0 spiro atoms. The van der Waals surface area contributed by atoms with Crippen LogP contribution in [0.25, 0.3) is 27.5 Å². The molecule has 1 heteroatoms. The van der Waals surface area contributed by atoms with E-state index in [2.05, 4.69) is 59.2 Å². The first kappa shape index (κ1) is 10.7. The zero-order chi connectivity index (χ0) is 13.6. The van der Waals surface area contributed by atoms with Crippen molar-refractivity contribution in [3.05, 3.63) is 54.6 Å². The minimum Gasteiger partial charge on any atom is -0.313 e. The van der Waals surface area contributed by atoms with Gasteiger partial charge in [-0.15, -0.1) is 0 Å². The third-order valence-electron chi connectivity index (χ3n) is 5.88. The first-order valence-electron chi connectivity index (χ1n) is 8.12. The molecule has 1 aromatic heterocycles. The molecule has 0 N–H and O–H groups in total. The van der Waals surface area contributed by atoms with Gasteiger partial charge in [0.05, 0.1) is 11.0 Å². The van der Waals surface area contributed by atoms with Gasteiger partial charge >= 0.3 is 0 Å². The van der Waals surface area contributed by atoms with Crippen molar-refractivity contribution in [2.24, 2.45) is 23.7 Å². The van der Waals surface area contributed by atoms with Crippen LogP contribution in [-0.2, 0) is 0 Å². The van der Waals surface area contributed by atoms with Crippen LogP contribution in [0.15, 0.2) is 54.6 Å². The first-order valence-corrected chi connectivity index (χ1v) is 8.12. The Hall–Kier alpha value is -2.02. The van der Waals surface area contributed by atoms with Gasteiger partial charge in [0, 0.05) is 22.4 Å². The number of nitrogens with zero attached hydrogens (tertiary/aromatic N) is 1. The summed E-state index contributed by atoms with van der Waals surface area (Å²) >= 11 is 0. The minimum absolute atomic E-state index is 0.827. The predicted octanol–water partition coefficient (Wildman–Crippen LogP) is 4.92. The molecular weight excluding hydrogens is 254 g/mol. The zero-order valence-corrected chi connectivity index (χ0v) is 11.9. The molecule has 0 aliphatic heterocycles. The lowest BCUT2D eigenvalue weighted by atomic mass is 10.0. The number of hydrogen-bond acceptors (Lipinski definition) is 0. The second kappa shape index (κ2) is 3.41. The molecule has 3 aliphatic carbocycles. The van der Waals surface area contributed by atoms with Crippen LogP contribution in [0.4, 0.5) is 0 Å². The largest absolute Gasteiger partial charge is 0.313 e. The molecule has 3 aromatic rings. The molecule has 2 aromatic carbocycles. The van der Waals surface area contributed by atoms with Crippen molar-refractivity contribution in [1.82, 2.24) is 4.57 Å². The van der Waals surface area contributed by atoms with Crippen molar-refractivity contribution in [1.29, 1.82) is 0 Å². The van der Waals surface area contributed by atoms with Gasteiger partial charge in [0.2, 0.25) is 0 Å². The number of para-hydroxylation sites is 2. The lowest BCUT2D eigenvalue weighted by Gasteiger charge is -2.16. The topological polar surface area (TPSA) is 4.93 Å². The minimum atomic E-state index is 0.827. The molecule has 3 aliphatic rings. The van der Waals surface area contributed by atoms with Gasteiger partial charge in [-0.1, -0.05) is 42.5 Å². The summed E-state index contributed by atoms with van der Waals surface area (Å²) in [7, 11) is 0. The summed E-state index contributed by atoms with van der Waals surface area (Å²) in [6.45, 7) is 0. The summed E-state index contributed by atoms with van der Waals surface area (Å²) in [6.07, 6.45) is 5.47. The van der Waals surface area contributed by atoms with E-state index < -0.39 is 0 Å². The van der Waals surface area contributed by atoms with Crippen molar-refractivity contribution < 1.29 is 0 Å². The molecule has 0 amide bonds. The van der Waals surface area contributed by atoms with Crippen LogP contribution < -0.4 is 0 Å². The quantitative estimate of drug-likeness (QED) is 0.592. The lowest BCUT2D eigenvalue weighted by Crippen LogP contribution is -2.05. The van der Waals surface area contributed by atoms with E-state index in [1.54, 1.807) is 5.70 Å². The van der Waals surface area contributed by atoms with E-state index in [4.69, 9.17) is 0 Å². The molecular formula is C20H17N. The summed E-state index contributed by atoms with van der Waals surface area (Å²) in [5.74, 6) is 3.73. The van der Waals surface area contributed by atoms with Gasteiger partial charge in [-0.25, -0.2) is 0 Å². The molecule has 2 fully saturated rings. The Bertz CT molecular complexity index is 876. The van der Waals surface area contributed by atoms with Gasteiger partial charge in [-0.2, -0.15) is 0 Å². The third kappa shape index (κ3) is 1.28. The maximum atomic E-state index is 2.59. The van der Waals surface area contributed by atoms with Gasteiger partial charge in [0.1, 0.15) is 0 Å². The van der Waals surface area contributed by atoms with Crippen LogP contribution in [0.1, 0.15) is 12.8 Å². The summed E-state index contributed by atoms with van der Waals surface area (Å²) in [5.41, 5.74) is 4.36. The number of aromatic nitrogens is 1. The molecule has 1 nitrogen and oxygen atoms in total. The smallest absolute Gasteiger partial charge is 0.0537 e. The highest BCUT2D eigenvalue weighted by Crippen LogP contribution is 2.66. The van der Waals surface area contributed by atoms with E-state index in [0.29, 0.717) is 0 Å². The average Bonchev–Trinajstić information content (AvgIpc) is 3.40. The van der Waals surface area contributed by atoms with Crippen molar-refractivity contribution >= 4 is 27.5 Å². The second-order valence-electron chi connectivity index (χ2n) is 7.03. The normalized spacial score (nSPS) is 32.7. The van der Waals surface area contributed by atoms with Crippen LogP contribution in [-0.4, -0.2) is 4.57 Å². The van der Waals surface area contributed by atoms with Crippen molar-refractivity contribution in [2.75, 3.05) is 0 Å². The van der Waals surface area contributed by atoms with Crippen molar-refractivity contribution in [3.63, 3.8) is 0 Å². The van der Waals surface area contributed by atoms with Crippen LogP contribution in [0.3, 0.4) is 0 Å². The van der Waals surface area contributed by atoms with E-state index in [1.807, 2.05) is 0 Å². The van der Waals surface area contributed by atoms with Gasteiger partial charge in [0.15, 0.2) is 0 Å². The van der Waals surface area contributed by atoms with E-state index >= 15 is 0 Å². The monoisotopic (exact) mass is 271 g/mol. The molecule has 0 saturated heterocycles. The van der Waals surface area contributed by atoms with Crippen molar-refractivity contribution in [2.45, 2.75) is 12.8 Å². The van der Waals surface area contributed by atoms with Gasteiger partial charge < -0.3 is 4.57 Å². The highest BCUT2D eigenvalue weighted by Gasteiger charge is 2.58. The van der Waals surface area contributed by atoms with Crippen LogP contribution in [0.2, 0.25) is 0 Å². The third-order valence-corrected chi connectivity index (χ3v) is 5.88. The molecule has 0 radical (unpaired) electrons. The van der Waals surface area contributed by atoms with Crippen LogP contribution >= 0.6 is 0 Å². The summed E-state index contributed by atoms with van der Waals surface area (Å²) in [4.78, 5) is 0. The number of benzene rings is 2.